The number of nitriles is 1. The number of rotatable bonds is 1. The van der Waals surface area contributed by atoms with Gasteiger partial charge in [0.25, 0.3) is 0 Å². The van der Waals surface area contributed by atoms with Crippen molar-refractivity contribution >= 4 is 5.82 Å². The molecule has 0 amide bonds. The van der Waals surface area contributed by atoms with Gasteiger partial charge < -0.3 is 5.73 Å². The second-order valence-corrected chi connectivity index (χ2v) is 6.21. The molecule has 2 N–H and O–H groups in total. The van der Waals surface area contributed by atoms with Crippen LogP contribution in [0.1, 0.15) is 35.7 Å². The zero-order valence-electron chi connectivity index (χ0n) is 13.1. The second-order valence-electron chi connectivity index (χ2n) is 6.21. The molecule has 0 fully saturated rings. The predicted octanol–water partition coefficient (Wildman–Crippen LogP) is 4.35. The van der Waals surface area contributed by atoms with E-state index in [1.165, 1.54) is 12.1 Å². The number of hydrogen-bond donors (Lipinski definition) is 1. The summed E-state index contributed by atoms with van der Waals surface area (Å²) in [6, 6.07) is 6.93. The quantitative estimate of drug-likeness (QED) is 0.845. The smallest absolute Gasteiger partial charge is 0.383 e. The SMILES string of the molecule is CC1CCc2nc(N)c(C#N)c(-c3ccc(C(F)(F)F)cc3)c2C1. The lowest BCUT2D eigenvalue weighted by molar-refractivity contribution is -0.137. The van der Waals surface area contributed by atoms with Crippen molar-refractivity contribution in [2.45, 2.75) is 32.4 Å². The van der Waals surface area contributed by atoms with Crippen LogP contribution in [-0.2, 0) is 19.0 Å². The third kappa shape index (κ3) is 2.82. The van der Waals surface area contributed by atoms with Crippen LogP contribution in [0.2, 0.25) is 0 Å². The molecule has 1 aromatic carbocycles. The summed E-state index contributed by atoms with van der Waals surface area (Å²) in [5, 5.41) is 9.46. The van der Waals surface area contributed by atoms with E-state index < -0.39 is 11.7 Å². The fourth-order valence-electron chi connectivity index (χ4n) is 3.21. The molecule has 0 aliphatic heterocycles. The normalized spacial score (nSPS) is 17.2. The highest BCUT2D eigenvalue weighted by atomic mass is 19.4. The Balaban J connectivity index is 2.20. The van der Waals surface area contributed by atoms with Crippen molar-refractivity contribution in [3.05, 3.63) is 46.6 Å². The van der Waals surface area contributed by atoms with Crippen LogP contribution < -0.4 is 5.73 Å². The Kier molecular flexibility index (Phi) is 3.96. The van der Waals surface area contributed by atoms with Crippen LogP contribution in [0, 0.1) is 17.2 Å². The first kappa shape index (κ1) is 16.3. The van der Waals surface area contributed by atoms with Gasteiger partial charge >= 0.3 is 6.18 Å². The molecule has 2 aromatic rings. The summed E-state index contributed by atoms with van der Waals surface area (Å²) in [7, 11) is 0. The molecule has 3 nitrogen and oxygen atoms in total. The summed E-state index contributed by atoms with van der Waals surface area (Å²) in [5.74, 6) is 0.573. The van der Waals surface area contributed by atoms with Crippen molar-refractivity contribution in [3.63, 3.8) is 0 Å². The van der Waals surface area contributed by atoms with Crippen LogP contribution >= 0.6 is 0 Å². The van der Waals surface area contributed by atoms with Crippen LogP contribution in [0.4, 0.5) is 19.0 Å². The van der Waals surface area contributed by atoms with Gasteiger partial charge in [0.15, 0.2) is 0 Å². The topological polar surface area (TPSA) is 62.7 Å². The molecule has 3 rings (SSSR count). The second kappa shape index (κ2) is 5.82. The molecule has 1 aromatic heterocycles. The number of fused-ring (bicyclic) bond motifs is 1. The number of aromatic nitrogens is 1. The highest BCUT2D eigenvalue weighted by molar-refractivity contribution is 5.79. The van der Waals surface area contributed by atoms with Crippen molar-refractivity contribution in [3.8, 4) is 17.2 Å². The third-order valence-corrected chi connectivity index (χ3v) is 4.45. The molecular weight excluding hydrogens is 315 g/mol. The third-order valence-electron chi connectivity index (χ3n) is 4.45. The number of anilines is 1. The fraction of sp³-hybridized carbons (Fsp3) is 0.333. The lowest BCUT2D eigenvalue weighted by Crippen LogP contribution is -2.17. The molecule has 0 spiro atoms. The van der Waals surface area contributed by atoms with E-state index in [1.807, 2.05) is 0 Å². The van der Waals surface area contributed by atoms with Gasteiger partial charge in [0.2, 0.25) is 0 Å². The number of halogens is 3. The monoisotopic (exact) mass is 331 g/mol. The van der Waals surface area contributed by atoms with Crippen LogP contribution in [0.3, 0.4) is 0 Å². The highest BCUT2D eigenvalue weighted by Crippen LogP contribution is 2.38. The van der Waals surface area contributed by atoms with E-state index in [4.69, 9.17) is 5.73 Å². The highest BCUT2D eigenvalue weighted by Gasteiger charge is 2.30. The number of aryl methyl sites for hydroxylation is 1. The van der Waals surface area contributed by atoms with E-state index >= 15 is 0 Å². The number of nitrogens with two attached hydrogens (primary N) is 1. The average molecular weight is 331 g/mol. The summed E-state index contributed by atoms with van der Waals surface area (Å²) in [5.41, 5.74) is 8.41. The van der Waals surface area contributed by atoms with Gasteiger partial charge in [-0.3, -0.25) is 0 Å². The van der Waals surface area contributed by atoms with E-state index in [-0.39, 0.29) is 11.4 Å². The molecule has 0 saturated carbocycles. The molecule has 1 aliphatic rings. The van der Waals surface area contributed by atoms with E-state index in [9.17, 15) is 18.4 Å². The first-order valence-corrected chi connectivity index (χ1v) is 7.70. The number of hydrogen-bond acceptors (Lipinski definition) is 3. The number of benzene rings is 1. The van der Waals surface area contributed by atoms with Crippen molar-refractivity contribution < 1.29 is 13.2 Å². The van der Waals surface area contributed by atoms with Gasteiger partial charge in [-0.2, -0.15) is 18.4 Å². The maximum atomic E-state index is 12.8. The van der Waals surface area contributed by atoms with E-state index in [2.05, 4.69) is 18.0 Å². The summed E-state index contributed by atoms with van der Waals surface area (Å²) >= 11 is 0. The number of nitrogen functional groups attached to an aromatic ring is 1. The molecule has 1 heterocycles. The Bertz CT molecular complexity index is 817. The van der Waals surface area contributed by atoms with Gasteiger partial charge in [-0.25, -0.2) is 4.98 Å². The summed E-state index contributed by atoms with van der Waals surface area (Å²) in [6.45, 7) is 2.11. The Morgan fingerprint density at radius 2 is 1.92 bits per heavy atom. The fourth-order valence-corrected chi connectivity index (χ4v) is 3.21. The Morgan fingerprint density at radius 1 is 1.25 bits per heavy atom. The summed E-state index contributed by atoms with van der Waals surface area (Å²) in [4.78, 5) is 4.34. The van der Waals surface area contributed by atoms with Crippen molar-refractivity contribution in [2.24, 2.45) is 5.92 Å². The minimum atomic E-state index is -4.39. The molecule has 1 aliphatic carbocycles. The van der Waals surface area contributed by atoms with Crippen molar-refractivity contribution in [1.82, 2.24) is 4.98 Å². The largest absolute Gasteiger partial charge is 0.416 e. The summed E-state index contributed by atoms with van der Waals surface area (Å²) in [6.07, 6.45) is -1.90. The first-order valence-electron chi connectivity index (χ1n) is 7.70. The van der Waals surface area contributed by atoms with Crippen molar-refractivity contribution in [1.29, 1.82) is 5.26 Å². The molecule has 1 unspecified atom stereocenters. The summed E-state index contributed by atoms with van der Waals surface area (Å²) < 4.78 is 38.3. The zero-order valence-corrected chi connectivity index (χ0v) is 13.1. The maximum absolute atomic E-state index is 12.8. The van der Waals surface area contributed by atoms with Gasteiger partial charge in [0.1, 0.15) is 17.5 Å². The average Bonchev–Trinajstić information content (AvgIpc) is 2.53. The van der Waals surface area contributed by atoms with Crippen LogP contribution in [0.15, 0.2) is 24.3 Å². The van der Waals surface area contributed by atoms with Gasteiger partial charge in [-0.15, -0.1) is 0 Å². The number of pyridine rings is 1. The lowest BCUT2D eigenvalue weighted by atomic mass is 9.82. The molecule has 24 heavy (non-hydrogen) atoms. The van der Waals surface area contributed by atoms with Gasteiger partial charge in [-0.1, -0.05) is 19.1 Å². The molecular formula is C18H16F3N3. The van der Waals surface area contributed by atoms with Crippen LogP contribution in [-0.4, -0.2) is 4.98 Å². The standard InChI is InChI=1S/C18H16F3N3/c1-10-2-7-15-13(8-10)16(14(9-22)17(23)24-15)11-3-5-12(6-4-11)18(19,20)21/h3-6,10H,2,7-8H2,1H3,(H2,23,24). The molecule has 124 valence electrons. The Morgan fingerprint density at radius 3 is 2.50 bits per heavy atom. The van der Waals surface area contributed by atoms with Gasteiger partial charge in [0, 0.05) is 11.3 Å². The van der Waals surface area contributed by atoms with Crippen molar-refractivity contribution in [2.75, 3.05) is 5.73 Å². The maximum Gasteiger partial charge on any atom is 0.416 e. The van der Waals surface area contributed by atoms with E-state index in [0.29, 0.717) is 17.0 Å². The van der Waals surface area contributed by atoms with Crippen LogP contribution in [0.5, 0.6) is 0 Å². The minimum Gasteiger partial charge on any atom is -0.383 e. The minimum absolute atomic E-state index is 0.140. The van der Waals surface area contributed by atoms with Crippen LogP contribution in [0.25, 0.3) is 11.1 Å². The molecule has 1 atom stereocenters. The molecule has 0 saturated heterocycles. The molecule has 6 heteroatoms. The molecule has 0 radical (unpaired) electrons. The Hall–Kier alpha value is -2.55. The Labute approximate surface area is 137 Å². The van der Waals surface area contributed by atoms with E-state index in [1.54, 1.807) is 0 Å². The van der Waals surface area contributed by atoms with Gasteiger partial charge in [0.05, 0.1) is 5.56 Å². The molecule has 0 bridgehead atoms. The predicted molar refractivity (Wildman–Crippen MR) is 85.0 cm³/mol. The van der Waals surface area contributed by atoms with E-state index in [0.717, 1.165) is 42.7 Å². The first-order chi connectivity index (χ1) is 11.3. The van der Waals surface area contributed by atoms with Gasteiger partial charge in [-0.05, 0) is 48.4 Å². The number of alkyl halides is 3. The number of nitrogens with zero attached hydrogens (tertiary/aromatic N) is 2. The zero-order chi connectivity index (χ0) is 17.5. The lowest BCUT2D eigenvalue weighted by Gasteiger charge is -2.25.